The van der Waals surface area contributed by atoms with Crippen LogP contribution in [0.2, 0.25) is 5.02 Å². The van der Waals surface area contributed by atoms with E-state index in [9.17, 15) is 4.79 Å². The minimum Gasteiger partial charge on any atom is -0.310 e. The van der Waals surface area contributed by atoms with Crippen LogP contribution in [0.4, 0.5) is 0 Å². The van der Waals surface area contributed by atoms with Gasteiger partial charge in [0.2, 0.25) is 0 Å². The van der Waals surface area contributed by atoms with E-state index in [0.717, 1.165) is 24.2 Å². The number of hydrogen-bond donors (Lipinski definition) is 1. The van der Waals surface area contributed by atoms with Crippen LogP contribution in [0.15, 0.2) is 23.0 Å². The van der Waals surface area contributed by atoms with E-state index in [0.29, 0.717) is 16.3 Å². The zero-order valence-corrected chi connectivity index (χ0v) is 10.1. The largest absolute Gasteiger partial charge is 0.310 e. The first-order valence-corrected chi connectivity index (χ1v) is 6.31. The molecule has 0 saturated heterocycles. The van der Waals surface area contributed by atoms with Crippen molar-refractivity contribution in [3.63, 3.8) is 0 Å². The molecule has 1 aliphatic rings. The number of hydrogen-bond acceptors (Lipinski definition) is 2. The molecular formula is C13H13ClN2O. The normalized spacial score (nSPS) is 16.8. The second-order valence-electron chi connectivity index (χ2n) is 4.59. The van der Waals surface area contributed by atoms with Gasteiger partial charge in [-0.25, -0.2) is 4.98 Å². The fraction of sp³-hybridized carbons (Fsp3) is 0.385. The second-order valence-corrected chi connectivity index (χ2v) is 5.03. The summed E-state index contributed by atoms with van der Waals surface area (Å²) in [6.07, 6.45) is 4.71. The van der Waals surface area contributed by atoms with Gasteiger partial charge in [0.15, 0.2) is 0 Å². The number of nitrogens with one attached hydrogen (secondary N) is 1. The number of fused-ring (bicyclic) bond motifs is 1. The second kappa shape index (κ2) is 4.15. The Morgan fingerprint density at radius 3 is 2.82 bits per heavy atom. The van der Waals surface area contributed by atoms with Gasteiger partial charge in [-0.05, 0) is 31.0 Å². The third-order valence-corrected chi connectivity index (χ3v) is 3.66. The van der Waals surface area contributed by atoms with E-state index in [2.05, 4.69) is 9.97 Å². The summed E-state index contributed by atoms with van der Waals surface area (Å²) in [5, 5.41) is 1.14. The number of nitrogens with zero attached hydrogens (tertiary/aromatic N) is 1. The summed E-state index contributed by atoms with van der Waals surface area (Å²) < 4.78 is 0. The monoisotopic (exact) mass is 248 g/mol. The number of rotatable bonds is 1. The first-order chi connectivity index (χ1) is 8.24. The van der Waals surface area contributed by atoms with Crippen LogP contribution < -0.4 is 5.56 Å². The first-order valence-electron chi connectivity index (χ1n) is 5.93. The van der Waals surface area contributed by atoms with Gasteiger partial charge in [0.1, 0.15) is 5.82 Å². The van der Waals surface area contributed by atoms with Crippen molar-refractivity contribution >= 4 is 22.5 Å². The van der Waals surface area contributed by atoms with Crippen molar-refractivity contribution in [3.8, 4) is 0 Å². The Bertz CT molecular complexity index is 614. The maximum absolute atomic E-state index is 12.0. The summed E-state index contributed by atoms with van der Waals surface area (Å²) in [6, 6.07) is 5.25. The molecule has 0 aliphatic heterocycles. The maximum atomic E-state index is 12.0. The number of halogens is 1. The Labute approximate surface area is 104 Å². The third-order valence-electron chi connectivity index (χ3n) is 3.43. The van der Waals surface area contributed by atoms with Gasteiger partial charge in [0.05, 0.1) is 10.9 Å². The van der Waals surface area contributed by atoms with Crippen LogP contribution in [-0.4, -0.2) is 9.97 Å². The SMILES string of the molecule is O=c1[nH]c(C2CCCC2)nc2ccc(Cl)cc12. The van der Waals surface area contributed by atoms with Crippen LogP contribution in [0.3, 0.4) is 0 Å². The molecule has 0 spiro atoms. The van der Waals surface area contributed by atoms with Crippen molar-refractivity contribution in [2.75, 3.05) is 0 Å². The summed E-state index contributed by atoms with van der Waals surface area (Å²) in [5.41, 5.74) is 0.652. The smallest absolute Gasteiger partial charge is 0.258 e. The molecule has 0 amide bonds. The molecule has 1 aromatic carbocycles. The van der Waals surface area contributed by atoms with Crippen molar-refractivity contribution in [2.24, 2.45) is 0 Å². The van der Waals surface area contributed by atoms with Crippen molar-refractivity contribution < 1.29 is 0 Å². The Balaban J connectivity index is 2.17. The minimum atomic E-state index is -0.0839. The molecule has 3 rings (SSSR count). The predicted molar refractivity (Wildman–Crippen MR) is 68.6 cm³/mol. The average Bonchev–Trinajstić information content (AvgIpc) is 2.83. The van der Waals surface area contributed by atoms with Crippen molar-refractivity contribution in [1.29, 1.82) is 0 Å². The van der Waals surface area contributed by atoms with E-state index < -0.39 is 0 Å². The zero-order valence-electron chi connectivity index (χ0n) is 9.37. The van der Waals surface area contributed by atoms with Crippen LogP contribution in [0, 0.1) is 0 Å². The van der Waals surface area contributed by atoms with Gasteiger partial charge in [0.25, 0.3) is 5.56 Å². The Hall–Kier alpha value is -1.35. The molecule has 0 bridgehead atoms. The quantitative estimate of drug-likeness (QED) is 0.842. The highest BCUT2D eigenvalue weighted by Gasteiger charge is 2.19. The maximum Gasteiger partial charge on any atom is 0.258 e. The van der Waals surface area contributed by atoms with Gasteiger partial charge in [-0.15, -0.1) is 0 Å². The van der Waals surface area contributed by atoms with E-state index in [-0.39, 0.29) is 5.56 Å². The number of H-pyrrole nitrogens is 1. The Kier molecular flexibility index (Phi) is 2.63. The van der Waals surface area contributed by atoms with Gasteiger partial charge in [-0.3, -0.25) is 4.79 Å². The highest BCUT2D eigenvalue weighted by molar-refractivity contribution is 6.31. The van der Waals surface area contributed by atoms with Gasteiger partial charge >= 0.3 is 0 Å². The van der Waals surface area contributed by atoms with E-state index in [1.54, 1.807) is 12.1 Å². The molecule has 1 aliphatic carbocycles. The van der Waals surface area contributed by atoms with E-state index in [4.69, 9.17) is 11.6 Å². The van der Waals surface area contributed by atoms with Gasteiger partial charge < -0.3 is 4.98 Å². The molecule has 88 valence electrons. The average molecular weight is 249 g/mol. The highest BCUT2D eigenvalue weighted by Crippen LogP contribution is 2.32. The summed E-state index contributed by atoms with van der Waals surface area (Å²) in [6.45, 7) is 0. The lowest BCUT2D eigenvalue weighted by molar-refractivity contribution is 0.669. The van der Waals surface area contributed by atoms with E-state index in [1.165, 1.54) is 12.8 Å². The van der Waals surface area contributed by atoms with Crippen LogP contribution in [0.1, 0.15) is 37.4 Å². The molecule has 1 saturated carbocycles. The molecule has 0 atom stereocenters. The topological polar surface area (TPSA) is 45.8 Å². The van der Waals surface area contributed by atoms with E-state index >= 15 is 0 Å². The molecule has 1 heterocycles. The van der Waals surface area contributed by atoms with Gasteiger partial charge in [-0.2, -0.15) is 0 Å². The van der Waals surface area contributed by atoms with Crippen LogP contribution in [-0.2, 0) is 0 Å². The third kappa shape index (κ3) is 1.95. The molecule has 1 N–H and O–H groups in total. The zero-order chi connectivity index (χ0) is 11.8. The highest BCUT2D eigenvalue weighted by atomic mass is 35.5. The van der Waals surface area contributed by atoms with Crippen LogP contribution in [0.25, 0.3) is 10.9 Å². The van der Waals surface area contributed by atoms with Crippen molar-refractivity contribution in [1.82, 2.24) is 9.97 Å². The molecule has 1 aromatic heterocycles. The molecule has 1 fully saturated rings. The lowest BCUT2D eigenvalue weighted by atomic mass is 10.1. The molecule has 4 heteroatoms. The fourth-order valence-electron chi connectivity index (χ4n) is 2.52. The summed E-state index contributed by atoms with van der Waals surface area (Å²) in [5.74, 6) is 1.25. The molecular weight excluding hydrogens is 236 g/mol. The number of benzene rings is 1. The summed E-state index contributed by atoms with van der Waals surface area (Å²) >= 11 is 5.88. The lowest BCUT2D eigenvalue weighted by Gasteiger charge is -2.08. The molecule has 17 heavy (non-hydrogen) atoms. The number of aromatic nitrogens is 2. The lowest BCUT2D eigenvalue weighted by Crippen LogP contribution is -2.13. The van der Waals surface area contributed by atoms with Crippen molar-refractivity contribution in [2.45, 2.75) is 31.6 Å². The molecule has 0 radical (unpaired) electrons. The predicted octanol–water partition coefficient (Wildman–Crippen LogP) is 3.23. The summed E-state index contributed by atoms with van der Waals surface area (Å²) in [7, 11) is 0. The first kappa shape index (κ1) is 10.8. The van der Waals surface area contributed by atoms with Crippen LogP contribution >= 0.6 is 11.6 Å². The standard InChI is InChI=1S/C13H13ClN2O/c14-9-5-6-11-10(7-9)13(17)16-12(15-11)8-3-1-2-4-8/h5-8H,1-4H2,(H,15,16,17). The number of aromatic amines is 1. The Morgan fingerprint density at radius 1 is 1.29 bits per heavy atom. The minimum absolute atomic E-state index is 0.0839. The van der Waals surface area contributed by atoms with Gasteiger partial charge in [0, 0.05) is 10.9 Å². The fourth-order valence-corrected chi connectivity index (χ4v) is 2.69. The molecule has 0 unspecified atom stereocenters. The van der Waals surface area contributed by atoms with E-state index in [1.807, 2.05) is 6.07 Å². The molecule has 2 aromatic rings. The van der Waals surface area contributed by atoms with Gasteiger partial charge in [-0.1, -0.05) is 24.4 Å². The molecule has 3 nitrogen and oxygen atoms in total. The Morgan fingerprint density at radius 2 is 2.06 bits per heavy atom. The van der Waals surface area contributed by atoms with Crippen LogP contribution in [0.5, 0.6) is 0 Å². The summed E-state index contributed by atoms with van der Waals surface area (Å²) in [4.78, 5) is 19.4. The van der Waals surface area contributed by atoms with Crippen molar-refractivity contribution in [3.05, 3.63) is 39.4 Å².